The first-order valence-electron chi connectivity index (χ1n) is 8.85. The number of hydrogen-bond acceptors (Lipinski definition) is 5. The molecule has 2 heterocycles. The maximum Gasteiger partial charge on any atom is 0.254 e. The number of carbonyl (C=O) groups is 1. The molecule has 0 spiro atoms. The molecule has 0 unspecified atom stereocenters. The number of nitrogens with one attached hydrogen (secondary N) is 1. The fourth-order valence-corrected chi connectivity index (χ4v) is 3.44. The number of aromatic nitrogens is 4. The molecule has 0 saturated heterocycles. The van der Waals surface area contributed by atoms with E-state index in [1.165, 1.54) is 0 Å². The fraction of sp³-hybridized carbons (Fsp3) is 0.368. The van der Waals surface area contributed by atoms with Crippen molar-refractivity contribution in [1.29, 1.82) is 0 Å². The van der Waals surface area contributed by atoms with E-state index in [0.29, 0.717) is 17.1 Å². The Balaban J connectivity index is 1.52. The lowest BCUT2D eigenvalue weighted by molar-refractivity contribution is 0.0867. The van der Waals surface area contributed by atoms with Crippen LogP contribution in [-0.2, 0) is 7.05 Å². The molecule has 4 rings (SSSR count). The zero-order valence-electron chi connectivity index (χ0n) is 14.6. The molecule has 2 aromatic heterocycles. The topological polar surface area (TPSA) is 92.9 Å². The van der Waals surface area contributed by atoms with Crippen molar-refractivity contribution in [3.63, 3.8) is 0 Å². The normalized spacial score (nSPS) is 20.2. The van der Waals surface area contributed by atoms with E-state index in [0.717, 1.165) is 36.6 Å². The number of aliphatic hydroxyl groups is 1. The Kier molecular flexibility index (Phi) is 4.38. The van der Waals surface area contributed by atoms with Gasteiger partial charge in [0.25, 0.3) is 5.91 Å². The first-order valence-corrected chi connectivity index (χ1v) is 8.85. The van der Waals surface area contributed by atoms with Crippen LogP contribution in [0, 0.1) is 0 Å². The van der Waals surface area contributed by atoms with E-state index in [1.54, 1.807) is 17.1 Å². The van der Waals surface area contributed by atoms with Gasteiger partial charge in [-0.05, 0) is 31.7 Å². The molecule has 1 amide bonds. The van der Waals surface area contributed by atoms with Gasteiger partial charge >= 0.3 is 0 Å². The van der Waals surface area contributed by atoms with Crippen molar-refractivity contribution < 1.29 is 9.90 Å². The average molecular weight is 351 g/mol. The summed E-state index contributed by atoms with van der Waals surface area (Å²) in [5.74, 6) is 0.322. The SMILES string of the molecule is Cn1nc(-c2ncc(C(=O)NC3CCC(O)CC3)cn2)c2ccccc21. The number of para-hydroxylation sites is 1. The predicted octanol–water partition coefficient (Wildman–Crippen LogP) is 2.06. The van der Waals surface area contributed by atoms with Crippen molar-refractivity contribution in [3.05, 3.63) is 42.2 Å². The molecule has 1 aliphatic rings. The smallest absolute Gasteiger partial charge is 0.254 e. The highest BCUT2D eigenvalue weighted by atomic mass is 16.3. The number of benzene rings is 1. The Labute approximate surface area is 151 Å². The Bertz CT molecular complexity index is 927. The molecule has 0 bridgehead atoms. The Hall–Kier alpha value is -2.80. The number of fused-ring (bicyclic) bond motifs is 1. The van der Waals surface area contributed by atoms with Crippen molar-refractivity contribution in [2.75, 3.05) is 0 Å². The van der Waals surface area contributed by atoms with E-state index >= 15 is 0 Å². The minimum absolute atomic E-state index is 0.102. The van der Waals surface area contributed by atoms with E-state index in [4.69, 9.17) is 0 Å². The van der Waals surface area contributed by atoms with Gasteiger partial charge < -0.3 is 10.4 Å². The van der Waals surface area contributed by atoms with Gasteiger partial charge in [0.1, 0.15) is 5.69 Å². The molecule has 134 valence electrons. The molecule has 1 fully saturated rings. The summed E-state index contributed by atoms with van der Waals surface area (Å²) in [6.45, 7) is 0. The molecule has 1 aromatic carbocycles. The molecule has 7 heteroatoms. The number of hydrogen-bond donors (Lipinski definition) is 2. The van der Waals surface area contributed by atoms with Crippen LogP contribution in [0.4, 0.5) is 0 Å². The van der Waals surface area contributed by atoms with Gasteiger partial charge in [-0.25, -0.2) is 9.97 Å². The van der Waals surface area contributed by atoms with E-state index < -0.39 is 0 Å². The van der Waals surface area contributed by atoms with Crippen LogP contribution in [0.15, 0.2) is 36.7 Å². The Morgan fingerprint density at radius 2 is 1.85 bits per heavy atom. The molecule has 1 saturated carbocycles. The van der Waals surface area contributed by atoms with Crippen molar-refractivity contribution in [2.24, 2.45) is 7.05 Å². The predicted molar refractivity (Wildman–Crippen MR) is 97.5 cm³/mol. The molecule has 26 heavy (non-hydrogen) atoms. The van der Waals surface area contributed by atoms with Crippen LogP contribution in [0.1, 0.15) is 36.0 Å². The van der Waals surface area contributed by atoms with Gasteiger partial charge in [-0.1, -0.05) is 18.2 Å². The van der Waals surface area contributed by atoms with Gasteiger partial charge in [-0.3, -0.25) is 9.48 Å². The minimum Gasteiger partial charge on any atom is -0.393 e. The first-order chi connectivity index (χ1) is 12.6. The summed E-state index contributed by atoms with van der Waals surface area (Å²) < 4.78 is 1.80. The van der Waals surface area contributed by atoms with Crippen LogP contribution in [-0.4, -0.2) is 42.9 Å². The third kappa shape index (κ3) is 3.17. The zero-order chi connectivity index (χ0) is 18.1. The average Bonchev–Trinajstić information content (AvgIpc) is 3.01. The second-order valence-electron chi connectivity index (χ2n) is 6.76. The number of rotatable bonds is 3. The number of amides is 1. The van der Waals surface area contributed by atoms with Crippen LogP contribution in [0.25, 0.3) is 22.4 Å². The summed E-state index contributed by atoms with van der Waals surface area (Å²) in [6.07, 6.45) is 5.90. The molecular formula is C19H21N5O2. The Morgan fingerprint density at radius 1 is 1.15 bits per heavy atom. The maximum absolute atomic E-state index is 12.4. The molecule has 2 N–H and O–H groups in total. The summed E-state index contributed by atoms with van der Waals surface area (Å²) in [5.41, 5.74) is 2.14. The van der Waals surface area contributed by atoms with Crippen molar-refractivity contribution in [2.45, 2.75) is 37.8 Å². The number of aryl methyl sites for hydroxylation is 1. The number of nitrogens with zero attached hydrogens (tertiary/aromatic N) is 4. The van der Waals surface area contributed by atoms with Gasteiger partial charge in [-0.15, -0.1) is 0 Å². The number of carbonyl (C=O) groups excluding carboxylic acids is 1. The van der Waals surface area contributed by atoms with Gasteiger partial charge in [-0.2, -0.15) is 5.10 Å². The molecule has 1 aliphatic carbocycles. The lowest BCUT2D eigenvalue weighted by atomic mass is 9.93. The zero-order valence-corrected chi connectivity index (χ0v) is 14.6. The highest BCUT2D eigenvalue weighted by Crippen LogP contribution is 2.24. The van der Waals surface area contributed by atoms with E-state index in [-0.39, 0.29) is 18.1 Å². The third-order valence-electron chi connectivity index (χ3n) is 4.92. The molecule has 0 aliphatic heterocycles. The summed E-state index contributed by atoms with van der Waals surface area (Å²) >= 11 is 0. The lowest BCUT2D eigenvalue weighted by Crippen LogP contribution is -2.38. The monoisotopic (exact) mass is 351 g/mol. The molecule has 7 nitrogen and oxygen atoms in total. The molecule has 0 atom stereocenters. The maximum atomic E-state index is 12.4. The largest absolute Gasteiger partial charge is 0.393 e. The summed E-state index contributed by atoms with van der Waals surface area (Å²) in [4.78, 5) is 21.1. The second-order valence-corrected chi connectivity index (χ2v) is 6.76. The van der Waals surface area contributed by atoms with Crippen molar-refractivity contribution in [3.8, 4) is 11.5 Å². The lowest BCUT2D eigenvalue weighted by Gasteiger charge is -2.26. The van der Waals surface area contributed by atoms with Gasteiger partial charge in [0, 0.05) is 30.9 Å². The molecule has 0 radical (unpaired) electrons. The quantitative estimate of drug-likeness (QED) is 0.753. The van der Waals surface area contributed by atoms with E-state index in [1.807, 2.05) is 31.3 Å². The van der Waals surface area contributed by atoms with Crippen LogP contribution in [0.2, 0.25) is 0 Å². The van der Waals surface area contributed by atoms with Gasteiger partial charge in [0.15, 0.2) is 5.82 Å². The summed E-state index contributed by atoms with van der Waals surface area (Å²) in [6, 6.07) is 8.00. The van der Waals surface area contributed by atoms with Crippen molar-refractivity contribution >= 4 is 16.8 Å². The van der Waals surface area contributed by atoms with E-state index in [2.05, 4.69) is 20.4 Å². The third-order valence-corrected chi connectivity index (χ3v) is 4.92. The van der Waals surface area contributed by atoms with Gasteiger partial charge in [0.2, 0.25) is 0 Å². The summed E-state index contributed by atoms with van der Waals surface area (Å²) in [7, 11) is 1.88. The van der Waals surface area contributed by atoms with Gasteiger partial charge in [0.05, 0.1) is 17.2 Å². The standard InChI is InChI=1S/C19H21N5O2/c1-24-16-5-3-2-4-15(16)17(23-24)18-20-10-12(11-21-18)19(26)22-13-6-8-14(25)9-7-13/h2-5,10-11,13-14,25H,6-9H2,1H3,(H,22,26). The second kappa shape index (κ2) is 6.84. The van der Waals surface area contributed by atoms with Crippen LogP contribution in [0.5, 0.6) is 0 Å². The minimum atomic E-state index is -0.237. The van der Waals surface area contributed by atoms with E-state index in [9.17, 15) is 9.90 Å². The fourth-order valence-electron chi connectivity index (χ4n) is 3.44. The van der Waals surface area contributed by atoms with Crippen LogP contribution >= 0.6 is 0 Å². The molecular weight excluding hydrogens is 330 g/mol. The highest BCUT2D eigenvalue weighted by molar-refractivity contribution is 5.94. The molecule has 3 aromatic rings. The summed E-state index contributed by atoms with van der Waals surface area (Å²) in [5, 5.41) is 18.0. The number of aliphatic hydroxyl groups excluding tert-OH is 1. The highest BCUT2D eigenvalue weighted by Gasteiger charge is 2.21. The first kappa shape index (κ1) is 16.7. The Morgan fingerprint density at radius 3 is 2.58 bits per heavy atom. The van der Waals surface area contributed by atoms with Crippen molar-refractivity contribution in [1.82, 2.24) is 25.1 Å². The van der Waals surface area contributed by atoms with Crippen LogP contribution < -0.4 is 5.32 Å². The van der Waals surface area contributed by atoms with Crippen LogP contribution in [0.3, 0.4) is 0 Å².